The van der Waals surface area contributed by atoms with Gasteiger partial charge in [0, 0.05) is 50.9 Å². The Balaban J connectivity index is 1.57. The molecular formula is C20H25FN4O2. The van der Waals surface area contributed by atoms with Crippen LogP contribution in [-0.4, -0.2) is 49.2 Å². The van der Waals surface area contributed by atoms with Crippen molar-refractivity contribution in [3.05, 3.63) is 42.5 Å². The summed E-state index contributed by atoms with van der Waals surface area (Å²) in [7, 11) is 1.66. The minimum Gasteiger partial charge on any atom is -0.385 e. The van der Waals surface area contributed by atoms with E-state index in [-0.39, 0.29) is 17.6 Å². The van der Waals surface area contributed by atoms with Gasteiger partial charge in [-0.3, -0.25) is 4.79 Å². The maximum absolute atomic E-state index is 13.5. The molecule has 0 radical (unpaired) electrons. The molecule has 1 fully saturated rings. The van der Waals surface area contributed by atoms with Crippen LogP contribution < -0.4 is 10.2 Å². The molecule has 2 heterocycles. The van der Waals surface area contributed by atoms with Gasteiger partial charge in [-0.05, 0) is 31.4 Å². The van der Waals surface area contributed by atoms with Crippen molar-refractivity contribution in [3.8, 4) is 11.3 Å². The van der Waals surface area contributed by atoms with Crippen molar-refractivity contribution < 1.29 is 13.9 Å². The lowest BCUT2D eigenvalue weighted by atomic mass is 9.96. The van der Waals surface area contributed by atoms with Gasteiger partial charge < -0.3 is 15.0 Å². The SMILES string of the molecule is COCCCNC(=O)C1CCN(c2cc(-c3cccc(F)c3)ncn2)CC1. The van der Waals surface area contributed by atoms with Crippen LogP contribution in [0, 0.1) is 11.7 Å². The zero-order valence-electron chi connectivity index (χ0n) is 15.5. The van der Waals surface area contributed by atoms with E-state index in [1.165, 1.54) is 18.5 Å². The number of amides is 1. The van der Waals surface area contributed by atoms with Crippen LogP contribution in [-0.2, 0) is 9.53 Å². The zero-order chi connectivity index (χ0) is 19.1. The highest BCUT2D eigenvalue weighted by Gasteiger charge is 2.25. The minimum absolute atomic E-state index is 0.0355. The van der Waals surface area contributed by atoms with E-state index in [0.717, 1.165) is 43.7 Å². The molecule has 144 valence electrons. The molecule has 1 aliphatic rings. The Hall–Kier alpha value is -2.54. The lowest BCUT2D eigenvalue weighted by Gasteiger charge is -2.32. The van der Waals surface area contributed by atoms with E-state index in [1.54, 1.807) is 13.2 Å². The average molecular weight is 372 g/mol. The Bertz CT molecular complexity index is 763. The number of nitrogens with zero attached hydrogens (tertiary/aromatic N) is 3. The van der Waals surface area contributed by atoms with Gasteiger partial charge in [0.05, 0.1) is 5.69 Å². The van der Waals surface area contributed by atoms with Gasteiger partial charge in [-0.25, -0.2) is 14.4 Å². The number of piperidine rings is 1. The van der Waals surface area contributed by atoms with Crippen molar-refractivity contribution in [2.24, 2.45) is 5.92 Å². The summed E-state index contributed by atoms with van der Waals surface area (Å²) in [6.07, 6.45) is 3.90. The summed E-state index contributed by atoms with van der Waals surface area (Å²) in [6, 6.07) is 8.25. The number of hydrogen-bond donors (Lipinski definition) is 1. The Labute approximate surface area is 158 Å². The maximum atomic E-state index is 13.5. The van der Waals surface area contributed by atoms with Gasteiger partial charge in [-0.2, -0.15) is 0 Å². The van der Waals surface area contributed by atoms with Gasteiger partial charge in [0.15, 0.2) is 0 Å². The standard InChI is InChI=1S/C20H25FN4O2/c1-27-11-3-8-22-20(26)15-6-9-25(10-7-15)19-13-18(23-14-24-19)16-4-2-5-17(21)12-16/h2,4-5,12-15H,3,6-11H2,1H3,(H,22,26). The summed E-state index contributed by atoms with van der Waals surface area (Å²) in [5, 5.41) is 2.98. The van der Waals surface area contributed by atoms with Crippen molar-refractivity contribution in [1.82, 2.24) is 15.3 Å². The van der Waals surface area contributed by atoms with Crippen LogP contribution in [0.1, 0.15) is 19.3 Å². The van der Waals surface area contributed by atoms with Crippen LogP contribution in [0.15, 0.2) is 36.7 Å². The molecule has 1 N–H and O–H groups in total. The number of methoxy groups -OCH3 is 1. The molecule has 0 bridgehead atoms. The lowest BCUT2D eigenvalue weighted by Crippen LogP contribution is -2.41. The summed E-state index contributed by atoms with van der Waals surface area (Å²) in [4.78, 5) is 23.0. The first-order valence-corrected chi connectivity index (χ1v) is 9.27. The number of rotatable bonds is 7. The predicted molar refractivity (Wildman–Crippen MR) is 102 cm³/mol. The first-order valence-electron chi connectivity index (χ1n) is 9.27. The fourth-order valence-corrected chi connectivity index (χ4v) is 3.27. The number of nitrogens with one attached hydrogen (secondary N) is 1. The van der Waals surface area contributed by atoms with Gasteiger partial charge in [-0.15, -0.1) is 0 Å². The molecule has 1 aromatic heterocycles. The third kappa shape index (κ3) is 5.23. The van der Waals surface area contributed by atoms with Crippen molar-refractivity contribution in [1.29, 1.82) is 0 Å². The summed E-state index contributed by atoms with van der Waals surface area (Å²) in [6.45, 7) is 2.82. The number of carbonyl (C=O) groups excluding carboxylic acids is 1. The molecule has 1 aromatic carbocycles. The quantitative estimate of drug-likeness (QED) is 0.757. The van der Waals surface area contributed by atoms with Gasteiger partial charge in [0.2, 0.25) is 5.91 Å². The second kappa shape index (κ2) is 9.41. The highest BCUT2D eigenvalue weighted by atomic mass is 19.1. The van der Waals surface area contributed by atoms with Crippen LogP contribution >= 0.6 is 0 Å². The lowest BCUT2D eigenvalue weighted by molar-refractivity contribution is -0.125. The van der Waals surface area contributed by atoms with E-state index in [2.05, 4.69) is 20.2 Å². The molecule has 3 rings (SSSR count). The fraction of sp³-hybridized carbons (Fsp3) is 0.450. The van der Waals surface area contributed by atoms with E-state index < -0.39 is 0 Å². The first kappa shape index (κ1) is 19.2. The number of benzene rings is 1. The molecule has 1 aliphatic heterocycles. The molecule has 1 saturated heterocycles. The van der Waals surface area contributed by atoms with Crippen molar-refractivity contribution in [3.63, 3.8) is 0 Å². The first-order chi connectivity index (χ1) is 13.2. The van der Waals surface area contributed by atoms with Crippen LogP contribution in [0.2, 0.25) is 0 Å². The highest BCUT2D eigenvalue weighted by molar-refractivity contribution is 5.79. The summed E-state index contributed by atoms with van der Waals surface area (Å²) in [5.41, 5.74) is 1.42. The number of halogens is 1. The Morgan fingerprint density at radius 1 is 1.30 bits per heavy atom. The van der Waals surface area contributed by atoms with Crippen molar-refractivity contribution in [2.45, 2.75) is 19.3 Å². The Kier molecular flexibility index (Phi) is 6.70. The van der Waals surface area contributed by atoms with E-state index in [0.29, 0.717) is 18.8 Å². The molecule has 7 heteroatoms. The molecule has 2 aromatic rings. The van der Waals surface area contributed by atoms with E-state index in [4.69, 9.17) is 4.74 Å². The molecule has 6 nitrogen and oxygen atoms in total. The van der Waals surface area contributed by atoms with Crippen molar-refractivity contribution >= 4 is 11.7 Å². The van der Waals surface area contributed by atoms with Crippen LogP contribution in [0.5, 0.6) is 0 Å². The van der Waals surface area contributed by atoms with Crippen molar-refractivity contribution in [2.75, 3.05) is 38.3 Å². The van der Waals surface area contributed by atoms with E-state index in [9.17, 15) is 9.18 Å². The predicted octanol–water partition coefficient (Wildman–Crippen LogP) is 2.65. The van der Waals surface area contributed by atoms with Gasteiger partial charge in [0.25, 0.3) is 0 Å². The number of aromatic nitrogens is 2. The van der Waals surface area contributed by atoms with Crippen LogP contribution in [0.3, 0.4) is 0 Å². The number of ether oxygens (including phenoxy) is 1. The van der Waals surface area contributed by atoms with Crippen LogP contribution in [0.4, 0.5) is 10.2 Å². The third-order valence-corrected chi connectivity index (χ3v) is 4.79. The van der Waals surface area contributed by atoms with Gasteiger partial charge >= 0.3 is 0 Å². The topological polar surface area (TPSA) is 67.3 Å². The van der Waals surface area contributed by atoms with Crippen LogP contribution in [0.25, 0.3) is 11.3 Å². The van der Waals surface area contributed by atoms with E-state index >= 15 is 0 Å². The highest BCUT2D eigenvalue weighted by Crippen LogP contribution is 2.25. The summed E-state index contributed by atoms with van der Waals surface area (Å²) < 4.78 is 18.4. The van der Waals surface area contributed by atoms with Gasteiger partial charge in [-0.1, -0.05) is 12.1 Å². The number of anilines is 1. The molecule has 0 saturated carbocycles. The summed E-state index contributed by atoms with van der Waals surface area (Å²) >= 11 is 0. The fourth-order valence-electron chi connectivity index (χ4n) is 3.27. The monoisotopic (exact) mass is 372 g/mol. The number of hydrogen-bond acceptors (Lipinski definition) is 5. The molecule has 0 aliphatic carbocycles. The Morgan fingerprint density at radius 3 is 2.85 bits per heavy atom. The molecule has 0 spiro atoms. The van der Waals surface area contributed by atoms with E-state index in [1.807, 2.05) is 12.1 Å². The minimum atomic E-state index is -0.287. The third-order valence-electron chi connectivity index (χ3n) is 4.79. The second-order valence-electron chi connectivity index (χ2n) is 6.67. The number of carbonyl (C=O) groups is 1. The molecule has 0 atom stereocenters. The molecule has 0 unspecified atom stereocenters. The normalized spacial score (nSPS) is 15.0. The zero-order valence-corrected chi connectivity index (χ0v) is 15.5. The largest absolute Gasteiger partial charge is 0.385 e. The molecule has 27 heavy (non-hydrogen) atoms. The Morgan fingerprint density at radius 2 is 2.11 bits per heavy atom. The summed E-state index contributed by atoms with van der Waals surface area (Å²) in [5.74, 6) is 0.676. The average Bonchev–Trinajstić information content (AvgIpc) is 2.71. The smallest absolute Gasteiger partial charge is 0.223 e. The maximum Gasteiger partial charge on any atom is 0.223 e. The second-order valence-corrected chi connectivity index (χ2v) is 6.67. The van der Waals surface area contributed by atoms with Gasteiger partial charge in [0.1, 0.15) is 18.0 Å². The molecule has 1 amide bonds. The molecular weight excluding hydrogens is 347 g/mol.